The molecular formula is C16H20BF3N2O4S. The van der Waals surface area contributed by atoms with E-state index >= 15 is 0 Å². The molecule has 0 saturated carbocycles. The summed E-state index contributed by atoms with van der Waals surface area (Å²) in [6, 6.07) is 2.19. The minimum atomic E-state index is -4.69. The number of piperazine rings is 1. The predicted molar refractivity (Wildman–Crippen MR) is 93.4 cm³/mol. The number of carbonyl (C=O) groups is 1. The molecule has 1 amide bonds. The lowest BCUT2D eigenvalue weighted by molar-refractivity contribution is -0.137. The summed E-state index contributed by atoms with van der Waals surface area (Å²) in [5.74, 6) is 0. The van der Waals surface area contributed by atoms with E-state index in [9.17, 15) is 26.4 Å². The molecular weight excluding hydrogens is 384 g/mol. The average Bonchev–Trinajstić information content (AvgIpc) is 2.52. The summed E-state index contributed by atoms with van der Waals surface area (Å²) in [5.41, 5.74) is -2.05. The molecule has 0 N–H and O–H groups in total. The number of benzene rings is 1. The topological polar surface area (TPSA) is 66.9 Å². The third kappa shape index (κ3) is 5.16. The molecule has 0 unspecified atom stereocenters. The van der Waals surface area contributed by atoms with Gasteiger partial charge in [-0.05, 0) is 26.8 Å². The van der Waals surface area contributed by atoms with Gasteiger partial charge >= 0.3 is 12.3 Å². The Hall–Kier alpha value is -1.75. The smallest absolute Gasteiger partial charge is 0.416 e. The van der Waals surface area contributed by atoms with Crippen molar-refractivity contribution in [2.45, 2.75) is 37.4 Å². The van der Waals surface area contributed by atoms with Gasteiger partial charge in [-0.25, -0.2) is 13.2 Å². The Balaban J connectivity index is 2.17. The van der Waals surface area contributed by atoms with Gasteiger partial charge in [-0.3, -0.25) is 0 Å². The van der Waals surface area contributed by atoms with E-state index in [4.69, 9.17) is 12.6 Å². The van der Waals surface area contributed by atoms with Crippen molar-refractivity contribution in [1.82, 2.24) is 9.21 Å². The molecule has 0 bridgehead atoms. The molecule has 1 aromatic carbocycles. The van der Waals surface area contributed by atoms with Gasteiger partial charge in [0.2, 0.25) is 10.0 Å². The van der Waals surface area contributed by atoms with Gasteiger partial charge in [0.1, 0.15) is 13.4 Å². The quantitative estimate of drug-likeness (QED) is 0.705. The van der Waals surface area contributed by atoms with E-state index in [0.29, 0.717) is 6.07 Å². The van der Waals surface area contributed by atoms with Gasteiger partial charge in [0.15, 0.2) is 0 Å². The number of alkyl halides is 3. The number of hydrogen-bond acceptors (Lipinski definition) is 4. The van der Waals surface area contributed by atoms with E-state index in [-0.39, 0.29) is 31.6 Å². The molecule has 1 aliphatic heterocycles. The Morgan fingerprint density at radius 2 is 1.67 bits per heavy atom. The number of sulfonamides is 1. The lowest BCUT2D eigenvalue weighted by Crippen LogP contribution is -2.52. The lowest BCUT2D eigenvalue weighted by Gasteiger charge is -2.35. The van der Waals surface area contributed by atoms with Crippen molar-refractivity contribution >= 4 is 29.4 Å². The monoisotopic (exact) mass is 404 g/mol. The van der Waals surface area contributed by atoms with Gasteiger partial charge in [-0.15, -0.1) is 0 Å². The van der Waals surface area contributed by atoms with Crippen molar-refractivity contribution in [2.24, 2.45) is 0 Å². The van der Waals surface area contributed by atoms with Crippen LogP contribution in [-0.4, -0.2) is 63.3 Å². The number of amides is 1. The first-order valence-electron chi connectivity index (χ1n) is 8.16. The Bertz CT molecular complexity index is 814. The number of ether oxygens (including phenoxy) is 1. The molecule has 1 saturated heterocycles. The maximum absolute atomic E-state index is 12.9. The molecule has 0 aliphatic carbocycles. The standard InChI is InChI=1S/C16H20BF3N2O4S/c1-15(2,3)26-14(23)21-6-8-22(9-7-21)27(24,25)13-10-11(16(18,19)20)4-5-12(13)17/h4-5,10H,6-9H2,1-3H3. The number of hydrogen-bond donors (Lipinski definition) is 0. The normalized spacial score (nSPS) is 17.0. The zero-order chi connectivity index (χ0) is 20.6. The molecule has 1 heterocycles. The third-order valence-corrected chi connectivity index (χ3v) is 5.80. The van der Waals surface area contributed by atoms with Crippen LogP contribution in [0.3, 0.4) is 0 Å². The van der Waals surface area contributed by atoms with E-state index in [1.807, 2.05) is 0 Å². The summed E-state index contributed by atoms with van der Waals surface area (Å²) in [7, 11) is 1.38. The van der Waals surface area contributed by atoms with Gasteiger partial charge in [0.25, 0.3) is 0 Å². The molecule has 27 heavy (non-hydrogen) atoms. The molecule has 11 heteroatoms. The van der Waals surface area contributed by atoms with Crippen LogP contribution >= 0.6 is 0 Å². The maximum atomic E-state index is 12.9. The number of nitrogens with zero attached hydrogens (tertiary/aromatic N) is 2. The SMILES string of the molecule is [B]c1ccc(C(F)(F)F)cc1S(=O)(=O)N1CCN(C(=O)OC(C)(C)C)CC1. The van der Waals surface area contributed by atoms with E-state index in [1.165, 1.54) is 4.90 Å². The van der Waals surface area contributed by atoms with E-state index in [1.54, 1.807) is 20.8 Å². The van der Waals surface area contributed by atoms with E-state index in [0.717, 1.165) is 16.4 Å². The first-order valence-corrected chi connectivity index (χ1v) is 9.60. The first kappa shape index (κ1) is 21.6. The number of rotatable bonds is 2. The van der Waals surface area contributed by atoms with Crippen molar-refractivity contribution in [1.29, 1.82) is 0 Å². The minimum absolute atomic E-state index is 0.0625. The average molecular weight is 404 g/mol. The Kier molecular flexibility index (Phi) is 5.86. The summed E-state index contributed by atoms with van der Waals surface area (Å²) in [6.07, 6.45) is -5.26. The number of carbonyl (C=O) groups excluding carboxylic acids is 1. The highest BCUT2D eigenvalue weighted by Gasteiger charge is 2.35. The second-order valence-corrected chi connectivity index (χ2v) is 9.03. The molecule has 6 nitrogen and oxygen atoms in total. The van der Waals surface area contributed by atoms with Crippen molar-refractivity contribution in [3.63, 3.8) is 0 Å². The molecule has 2 radical (unpaired) electrons. The summed E-state index contributed by atoms with van der Waals surface area (Å²) >= 11 is 0. The van der Waals surface area contributed by atoms with Crippen LogP contribution in [0.4, 0.5) is 18.0 Å². The van der Waals surface area contributed by atoms with Crippen molar-refractivity contribution in [3.8, 4) is 0 Å². The van der Waals surface area contributed by atoms with Crippen LogP contribution in [0.5, 0.6) is 0 Å². The molecule has 1 fully saturated rings. The Morgan fingerprint density at radius 1 is 1.11 bits per heavy atom. The van der Waals surface area contributed by atoms with Gasteiger partial charge in [-0.2, -0.15) is 17.5 Å². The van der Waals surface area contributed by atoms with Crippen LogP contribution < -0.4 is 5.46 Å². The molecule has 0 spiro atoms. The van der Waals surface area contributed by atoms with Crippen LogP contribution in [-0.2, 0) is 20.9 Å². The Morgan fingerprint density at radius 3 is 2.15 bits per heavy atom. The summed E-state index contributed by atoms with van der Waals surface area (Å²) in [4.78, 5) is 12.8. The van der Waals surface area contributed by atoms with E-state index < -0.39 is 38.4 Å². The van der Waals surface area contributed by atoms with Crippen molar-refractivity contribution in [3.05, 3.63) is 23.8 Å². The van der Waals surface area contributed by atoms with Crippen LogP contribution in [0.2, 0.25) is 0 Å². The van der Waals surface area contributed by atoms with Crippen LogP contribution in [0.15, 0.2) is 23.1 Å². The zero-order valence-corrected chi connectivity index (χ0v) is 16.0. The highest BCUT2D eigenvalue weighted by Crippen LogP contribution is 2.30. The first-order chi connectivity index (χ1) is 12.2. The maximum Gasteiger partial charge on any atom is 0.416 e. The second-order valence-electron chi connectivity index (χ2n) is 7.12. The molecule has 0 aromatic heterocycles. The molecule has 2 rings (SSSR count). The zero-order valence-electron chi connectivity index (χ0n) is 15.2. The largest absolute Gasteiger partial charge is 0.444 e. The fraction of sp³-hybridized carbons (Fsp3) is 0.562. The van der Waals surface area contributed by atoms with Crippen LogP contribution in [0.1, 0.15) is 26.3 Å². The molecule has 148 valence electrons. The molecule has 1 aromatic rings. The van der Waals surface area contributed by atoms with Gasteiger partial charge in [0, 0.05) is 26.2 Å². The van der Waals surface area contributed by atoms with Crippen LogP contribution in [0, 0.1) is 0 Å². The molecule has 0 atom stereocenters. The van der Waals surface area contributed by atoms with Gasteiger partial charge < -0.3 is 9.64 Å². The highest BCUT2D eigenvalue weighted by molar-refractivity contribution is 7.89. The fourth-order valence-electron chi connectivity index (χ4n) is 2.51. The van der Waals surface area contributed by atoms with Crippen molar-refractivity contribution < 1.29 is 31.1 Å². The Labute approximate surface area is 157 Å². The summed E-state index contributed by atoms with van der Waals surface area (Å²) < 4.78 is 70.4. The van der Waals surface area contributed by atoms with Gasteiger partial charge in [0.05, 0.1) is 10.5 Å². The van der Waals surface area contributed by atoms with Crippen LogP contribution in [0.25, 0.3) is 0 Å². The summed E-state index contributed by atoms with van der Waals surface area (Å²) in [5, 5.41) is 0. The number of halogens is 3. The minimum Gasteiger partial charge on any atom is -0.444 e. The van der Waals surface area contributed by atoms with Crippen molar-refractivity contribution in [2.75, 3.05) is 26.2 Å². The van der Waals surface area contributed by atoms with Gasteiger partial charge in [-0.1, -0.05) is 17.6 Å². The predicted octanol–water partition coefficient (Wildman–Crippen LogP) is 1.74. The fourth-order valence-corrected chi connectivity index (χ4v) is 4.07. The third-order valence-electron chi connectivity index (χ3n) is 3.85. The molecule has 1 aliphatic rings. The summed E-state index contributed by atoms with van der Waals surface area (Å²) in [6.45, 7) is 5.11. The highest BCUT2D eigenvalue weighted by atomic mass is 32.2. The lowest BCUT2D eigenvalue weighted by atomic mass is 9.95. The second kappa shape index (κ2) is 7.35. The van der Waals surface area contributed by atoms with E-state index in [2.05, 4.69) is 0 Å².